The van der Waals surface area contributed by atoms with Gasteiger partial charge in [-0.25, -0.2) is 4.39 Å². The van der Waals surface area contributed by atoms with Crippen LogP contribution in [0.4, 0.5) is 4.39 Å². The van der Waals surface area contributed by atoms with Crippen LogP contribution in [0.1, 0.15) is 32.8 Å². The highest BCUT2D eigenvalue weighted by Crippen LogP contribution is 2.23. The van der Waals surface area contributed by atoms with Crippen LogP contribution in [-0.2, 0) is 6.42 Å². The maximum Gasteiger partial charge on any atom is 0.126 e. The molecule has 0 heterocycles. The lowest BCUT2D eigenvalue weighted by atomic mass is 9.84. The Balaban J connectivity index is 2.64. The third-order valence-electron chi connectivity index (χ3n) is 2.84. The fourth-order valence-corrected chi connectivity index (χ4v) is 1.67. The fourth-order valence-electron chi connectivity index (χ4n) is 1.48. The van der Waals surface area contributed by atoms with Crippen LogP contribution in [0, 0.1) is 11.2 Å². The minimum absolute atomic E-state index is 0.0506. The van der Waals surface area contributed by atoms with Crippen LogP contribution >= 0.6 is 11.6 Å². The van der Waals surface area contributed by atoms with Gasteiger partial charge in [0.15, 0.2) is 0 Å². The predicted octanol–water partition coefficient (Wildman–Crippen LogP) is 3.79. The monoisotopic (exact) mass is 243 g/mol. The van der Waals surface area contributed by atoms with Crippen LogP contribution < -0.4 is 5.73 Å². The molecular weight excluding hydrogens is 225 g/mol. The van der Waals surface area contributed by atoms with Gasteiger partial charge in [-0.15, -0.1) is 0 Å². The summed E-state index contributed by atoms with van der Waals surface area (Å²) in [5.74, 6) is -0.203. The zero-order valence-corrected chi connectivity index (χ0v) is 10.8. The lowest BCUT2D eigenvalue weighted by Crippen LogP contribution is -2.35. The number of hydrogen-bond donors (Lipinski definition) is 1. The summed E-state index contributed by atoms with van der Waals surface area (Å²) in [6, 6.07) is 4.70. The molecule has 0 amide bonds. The molecule has 1 nitrogen and oxygen atoms in total. The summed E-state index contributed by atoms with van der Waals surface area (Å²) < 4.78 is 13.4. The van der Waals surface area contributed by atoms with Crippen LogP contribution in [0.15, 0.2) is 18.2 Å². The van der Waals surface area contributed by atoms with Crippen LogP contribution in [0.5, 0.6) is 0 Å². The van der Waals surface area contributed by atoms with Crippen molar-refractivity contribution in [3.8, 4) is 0 Å². The minimum Gasteiger partial charge on any atom is -0.327 e. The van der Waals surface area contributed by atoms with Gasteiger partial charge in [-0.2, -0.15) is 0 Å². The quantitative estimate of drug-likeness (QED) is 0.859. The Hall–Kier alpha value is -0.600. The Morgan fingerprint density at radius 3 is 2.56 bits per heavy atom. The van der Waals surface area contributed by atoms with Gasteiger partial charge in [-0.05, 0) is 42.0 Å². The molecule has 0 radical (unpaired) electrons. The van der Waals surface area contributed by atoms with E-state index in [4.69, 9.17) is 17.3 Å². The van der Waals surface area contributed by atoms with E-state index in [0.29, 0.717) is 17.0 Å². The van der Waals surface area contributed by atoms with Gasteiger partial charge in [0.25, 0.3) is 0 Å². The topological polar surface area (TPSA) is 26.0 Å². The van der Waals surface area contributed by atoms with Crippen molar-refractivity contribution in [2.24, 2.45) is 11.1 Å². The highest BCUT2D eigenvalue weighted by atomic mass is 35.5. The molecule has 0 saturated carbocycles. The van der Waals surface area contributed by atoms with E-state index in [2.05, 4.69) is 20.8 Å². The fraction of sp³-hybridized carbons (Fsp3) is 0.538. The largest absolute Gasteiger partial charge is 0.327 e. The van der Waals surface area contributed by atoms with Crippen molar-refractivity contribution in [3.63, 3.8) is 0 Å². The first-order valence-electron chi connectivity index (χ1n) is 5.50. The molecule has 0 spiro atoms. The van der Waals surface area contributed by atoms with Crippen LogP contribution in [0.25, 0.3) is 0 Å². The van der Waals surface area contributed by atoms with Crippen molar-refractivity contribution < 1.29 is 4.39 Å². The second-order valence-electron chi connectivity index (χ2n) is 5.25. The molecule has 0 aliphatic heterocycles. The first kappa shape index (κ1) is 13.5. The molecule has 1 atom stereocenters. The zero-order valence-electron chi connectivity index (χ0n) is 10.1. The smallest absolute Gasteiger partial charge is 0.126 e. The summed E-state index contributed by atoms with van der Waals surface area (Å²) in [7, 11) is 0. The maximum absolute atomic E-state index is 13.4. The third-order valence-corrected chi connectivity index (χ3v) is 3.08. The molecule has 1 unspecified atom stereocenters. The van der Waals surface area contributed by atoms with E-state index in [1.165, 1.54) is 6.07 Å². The molecule has 90 valence electrons. The first-order chi connectivity index (χ1) is 7.30. The van der Waals surface area contributed by atoms with E-state index in [0.717, 1.165) is 6.42 Å². The second-order valence-corrected chi connectivity index (χ2v) is 5.68. The van der Waals surface area contributed by atoms with Gasteiger partial charge in [0, 0.05) is 11.1 Å². The SMILES string of the molecule is CC(C)(C)C(N)CCc1cc(Cl)ccc1F. The van der Waals surface area contributed by atoms with E-state index in [1.807, 2.05) is 0 Å². The molecule has 0 aromatic heterocycles. The van der Waals surface area contributed by atoms with E-state index < -0.39 is 0 Å². The summed E-state index contributed by atoms with van der Waals surface area (Å²) in [5, 5.41) is 0.570. The normalized spacial score (nSPS) is 13.9. The average molecular weight is 244 g/mol. The van der Waals surface area contributed by atoms with Gasteiger partial charge >= 0.3 is 0 Å². The standard InChI is InChI=1S/C13H19ClFN/c1-13(2,3)12(16)7-4-9-8-10(14)5-6-11(9)15/h5-6,8,12H,4,7,16H2,1-3H3. The van der Waals surface area contributed by atoms with Crippen LogP contribution in [-0.4, -0.2) is 6.04 Å². The van der Waals surface area contributed by atoms with E-state index in [1.54, 1.807) is 12.1 Å². The minimum atomic E-state index is -0.203. The highest BCUT2D eigenvalue weighted by Gasteiger charge is 2.20. The van der Waals surface area contributed by atoms with E-state index >= 15 is 0 Å². The zero-order chi connectivity index (χ0) is 12.3. The van der Waals surface area contributed by atoms with Crippen LogP contribution in [0.3, 0.4) is 0 Å². The number of rotatable bonds is 3. The Labute approximate surface area is 102 Å². The second kappa shape index (κ2) is 5.15. The van der Waals surface area contributed by atoms with Crippen molar-refractivity contribution >= 4 is 11.6 Å². The third kappa shape index (κ3) is 3.76. The van der Waals surface area contributed by atoms with Crippen molar-refractivity contribution in [1.29, 1.82) is 0 Å². The average Bonchev–Trinajstić information content (AvgIpc) is 2.17. The Morgan fingerprint density at radius 1 is 1.38 bits per heavy atom. The molecule has 0 saturated heterocycles. The van der Waals surface area contributed by atoms with Crippen molar-refractivity contribution in [2.75, 3.05) is 0 Å². The maximum atomic E-state index is 13.4. The van der Waals surface area contributed by atoms with Gasteiger partial charge in [-0.1, -0.05) is 32.4 Å². The predicted molar refractivity (Wildman–Crippen MR) is 67.2 cm³/mol. The Morgan fingerprint density at radius 2 is 2.00 bits per heavy atom. The Bertz CT molecular complexity index is 357. The molecule has 1 aromatic carbocycles. The Kier molecular flexibility index (Phi) is 4.34. The summed E-state index contributed by atoms with van der Waals surface area (Å²) in [6.45, 7) is 6.27. The van der Waals surface area contributed by atoms with Gasteiger partial charge in [0.2, 0.25) is 0 Å². The molecule has 2 N–H and O–H groups in total. The molecular formula is C13H19ClFN. The highest BCUT2D eigenvalue weighted by molar-refractivity contribution is 6.30. The lowest BCUT2D eigenvalue weighted by molar-refractivity contribution is 0.305. The molecule has 1 rings (SSSR count). The number of nitrogens with two attached hydrogens (primary N) is 1. The number of hydrogen-bond acceptors (Lipinski definition) is 1. The van der Waals surface area contributed by atoms with E-state index in [-0.39, 0.29) is 17.3 Å². The number of aryl methyl sites for hydroxylation is 1. The van der Waals surface area contributed by atoms with Crippen molar-refractivity contribution in [3.05, 3.63) is 34.6 Å². The van der Waals surface area contributed by atoms with Crippen LogP contribution in [0.2, 0.25) is 5.02 Å². The number of halogens is 2. The molecule has 0 fully saturated rings. The van der Waals surface area contributed by atoms with E-state index in [9.17, 15) is 4.39 Å². The van der Waals surface area contributed by atoms with Crippen molar-refractivity contribution in [2.45, 2.75) is 39.7 Å². The number of benzene rings is 1. The van der Waals surface area contributed by atoms with Gasteiger partial charge < -0.3 is 5.73 Å². The van der Waals surface area contributed by atoms with Crippen molar-refractivity contribution in [1.82, 2.24) is 0 Å². The molecule has 1 aromatic rings. The first-order valence-corrected chi connectivity index (χ1v) is 5.88. The molecule has 3 heteroatoms. The summed E-state index contributed by atoms with van der Waals surface area (Å²) in [5.41, 5.74) is 6.73. The lowest BCUT2D eigenvalue weighted by Gasteiger charge is -2.27. The van der Waals surface area contributed by atoms with Gasteiger partial charge in [0.05, 0.1) is 0 Å². The summed E-state index contributed by atoms with van der Waals surface area (Å²) in [6.07, 6.45) is 1.39. The summed E-state index contributed by atoms with van der Waals surface area (Å²) >= 11 is 5.82. The molecule has 0 bridgehead atoms. The molecule has 0 aliphatic rings. The van der Waals surface area contributed by atoms with Gasteiger partial charge in [0.1, 0.15) is 5.82 Å². The molecule has 0 aliphatic carbocycles. The van der Waals surface area contributed by atoms with Gasteiger partial charge in [-0.3, -0.25) is 0 Å². The molecule has 16 heavy (non-hydrogen) atoms. The summed E-state index contributed by atoms with van der Waals surface area (Å²) in [4.78, 5) is 0.